The van der Waals surface area contributed by atoms with Gasteiger partial charge in [0.2, 0.25) is 0 Å². The normalized spacial score (nSPS) is 14.1. The van der Waals surface area contributed by atoms with Crippen molar-refractivity contribution >= 4 is 19.8 Å². The highest BCUT2D eigenvalue weighted by molar-refractivity contribution is 7.45. The van der Waals surface area contributed by atoms with Crippen molar-refractivity contribution in [2.24, 2.45) is 0 Å². The summed E-state index contributed by atoms with van der Waals surface area (Å²) >= 11 is 0. The molecule has 0 aromatic carbocycles. The van der Waals surface area contributed by atoms with Crippen LogP contribution >= 0.6 is 7.82 Å². The number of quaternary nitrogens is 1. The molecule has 0 aromatic heterocycles. The van der Waals surface area contributed by atoms with Crippen LogP contribution in [0.3, 0.4) is 0 Å². The van der Waals surface area contributed by atoms with Gasteiger partial charge in [0.1, 0.15) is 19.8 Å². The summed E-state index contributed by atoms with van der Waals surface area (Å²) in [6, 6.07) is 0. The first-order valence-electron chi connectivity index (χ1n) is 29.1. The highest BCUT2D eigenvalue weighted by Crippen LogP contribution is 2.38. The fraction of sp³-hybridized carbons (Fsp3) is 0.683. The number of carbonyl (C=O) groups excluding carboxylic acids is 2. The number of hydrogen-bond donors (Lipinski definition) is 0. The van der Waals surface area contributed by atoms with E-state index < -0.39 is 32.5 Å². The average Bonchev–Trinajstić information content (AvgIpc) is 3.35. The standard InChI is InChI=1S/C63H108NO8P/c1-6-8-10-12-14-16-18-20-22-24-26-27-28-29-30-31-32-33-34-35-36-37-38-40-42-44-46-48-50-52-54-56-63(66)72-61(60-71-73(67,68)70-58-57-64(3,4)5)59-69-62(65)55-53-51-49-47-45-43-41-39-25-23-21-19-17-15-13-11-9-7-2/h8,10,14,16,20,22,26-27,29-30,32-33,35-36,38,40,44,46,61H,6-7,9,11-13,15,17-19,21,23-25,28,31,34,37,39,41-43,45,47-60H2,1-5H3/b10-8-,16-14-,22-20-,27-26-,30-29-,33-32-,36-35-,40-38-,46-44-. The molecule has 0 fully saturated rings. The lowest BCUT2D eigenvalue weighted by molar-refractivity contribution is -0.870. The summed E-state index contributed by atoms with van der Waals surface area (Å²) in [4.78, 5) is 37.8. The van der Waals surface area contributed by atoms with E-state index in [0.717, 1.165) is 96.3 Å². The molecule has 2 atom stereocenters. The fourth-order valence-corrected chi connectivity index (χ4v) is 8.32. The smallest absolute Gasteiger partial charge is 0.306 e. The second-order valence-corrected chi connectivity index (χ2v) is 21.7. The predicted octanol–water partition coefficient (Wildman–Crippen LogP) is 17.6. The van der Waals surface area contributed by atoms with Crippen molar-refractivity contribution in [3.05, 3.63) is 109 Å². The van der Waals surface area contributed by atoms with Crippen molar-refractivity contribution in [3.63, 3.8) is 0 Å². The Bertz CT molecular complexity index is 1600. The second kappa shape index (κ2) is 53.5. The molecule has 0 N–H and O–H groups in total. The van der Waals surface area contributed by atoms with Gasteiger partial charge in [0.15, 0.2) is 6.10 Å². The largest absolute Gasteiger partial charge is 0.756 e. The summed E-state index contributed by atoms with van der Waals surface area (Å²) in [6.45, 7) is 4.09. The van der Waals surface area contributed by atoms with Gasteiger partial charge in [-0.2, -0.15) is 0 Å². The Morgan fingerprint density at radius 3 is 1.16 bits per heavy atom. The summed E-state index contributed by atoms with van der Waals surface area (Å²) < 4.78 is 34.1. The van der Waals surface area contributed by atoms with Crippen LogP contribution in [0.5, 0.6) is 0 Å². The molecule has 10 heteroatoms. The van der Waals surface area contributed by atoms with Crippen LogP contribution in [0.1, 0.15) is 226 Å². The zero-order valence-electron chi connectivity index (χ0n) is 47.3. The minimum absolute atomic E-state index is 0.0422. The predicted molar refractivity (Wildman–Crippen MR) is 309 cm³/mol. The molecule has 9 nitrogen and oxygen atoms in total. The van der Waals surface area contributed by atoms with Crippen molar-refractivity contribution in [3.8, 4) is 0 Å². The van der Waals surface area contributed by atoms with Crippen LogP contribution in [0.4, 0.5) is 0 Å². The van der Waals surface area contributed by atoms with E-state index in [1.807, 2.05) is 21.1 Å². The lowest BCUT2D eigenvalue weighted by Crippen LogP contribution is -2.37. The Morgan fingerprint density at radius 1 is 0.438 bits per heavy atom. The van der Waals surface area contributed by atoms with Crippen LogP contribution < -0.4 is 4.89 Å². The third kappa shape index (κ3) is 57.8. The molecule has 0 aromatic rings. The number of rotatable bonds is 52. The number of allylic oxidation sites excluding steroid dienone is 18. The number of nitrogens with zero attached hydrogens (tertiary/aromatic N) is 1. The van der Waals surface area contributed by atoms with Crippen molar-refractivity contribution < 1.29 is 42.1 Å². The van der Waals surface area contributed by atoms with Gasteiger partial charge in [-0.25, -0.2) is 0 Å². The van der Waals surface area contributed by atoms with Crippen molar-refractivity contribution in [1.29, 1.82) is 0 Å². The maximum absolute atomic E-state index is 12.8. The van der Waals surface area contributed by atoms with Crippen molar-refractivity contribution in [2.45, 2.75) is 232 Å². The van der Waals surface area contributed by atoms with Crippen LogP contribution in [-0.4, -0.2) is 70.0 Å². The van der Waals surface area contributed by atoms with Crippen LogP contribution in [0.2, 0.25) is 0 Å². The Labute approximate surface area is 448 Å². The highest BCUT2D eigenvalue weighted by atomic mass is 31.2. The molecule has 0 rings (SSSR count). The van der Waals surface area contributed by atoms with Gasteiger partial charge in [0.25, 0.3) is 7.82 Å². The maximum Gasteiger partial charge on any atom is 0.306 e. The topological polar surface area (TPSA) is 111 Å². The molecular formula is C63H108NO8P. The van der Waals surface area contributed by atoms with Crippen LogP contribution in [0.25, 0.3) is 0 Å². The second-order valence-electron chi connectivity index (χ2n) is 20.3. The number of esters is 2. The maximum atomic E-state index is 12.8. The molecule has 0 spiro atoms. The van der Waals surface area contributed by atoms with E-state index >= 15 is 0 Å². The lowest BCUT2D eigenvalue weighted by atomic mass is 10.0. The van der Waals surface area contributed by atoms with Gasteiger partial charge in [-0.3, -0.25) is 14.2 Å². The molecule has 0 aliphatic rings. The summed E-state index contributed by atoms with van der Waals surface area (Å²) in [5.41, 5.74) is 0. The first kappa shape index (κ1) is 69.7. The first-order chi connectivity index (χ1) is 35.5. The molecule has 0 heterocycles. The molecule has 0 aliphatic carbocycles. The average molecular weight is 1040 g/mol. The lowest BCUT2D eigenvalue weighted by Gasteiger charge is -2.28. The zero-order chi connectivity index (χ0) is 53.5. The minimum atomic E-state index is -4.65. The fourth-order valence-electron chi connectivity index (χ4n) is 7.59. The van der Waals surface area contributed by atoms with Crippen molar-refractivity contribution in [1.82, 2.24) is 0 Å². The molecule has 0 aliphatic heterocycles. The van der Waals surface area contributed by atoms with Crippen LogP contribution in [0, 0.1) is 0 Å². The Hall–Kier alpha value is -3.33. The van der Waals surface area contributed by atoms with Crippen molar-refractivity contribution in [2.75, 3.05) is 47.5 Å². The first-order valence-corrected chi connectivity index (χ1v) is 30.6. The molecule has 0 saturated heterocycles. The number of likely N-dealkylation sites (N-methyl/N-ethyl adjacent to an activating group) is 1. The van der Waals surface area contributed by atoms with Crippen LogP contribution in [-0.2, 0) is 32.7 Å². The van der Waals surface area contributed by atoms with Gasteiger partial charge >= 0.3 is 11.9 Å². The number of hydrogen-bond acceptors (Lipinski definition) is 8. The Kier molecular flexibility index (Phi) is 51.1. The van der Waals surface area contributed by atoms with E-state index in [0.29, 0.717) is 17.4 Å². The third-order valence-electron chi connectivity index (χ3n) is 12.1. The number of ether oxygens (including phenoxy) is 2. The van der Waals surface area contributed by atoms with E-state index in [1.54, 1.807) is 0 Å². The van der Waals surface area contributed by atoms with Crippen LogP contribution in [0.15, 0.2) is 109 Å². The highest BCUT2D eigenvalue weighted by Gasteiger charge is 2.21. The molecule has 418 valence electrons. The summed E-state index contributed by atoms with van der Waals surface area (Å²) in [5.74, 6) is -0.873. The number of unbranched alkanes of at least 4 members (excludes halogenated alkanes) is 20. The minimum Gasteiger partial charge on any atom is -0.756 e. The molecular weight excluding hydrogens is 930 g/mol. The van der Waals surface area contributed by atoms with Gasteiger partial charge in [-0.05, 0) is 83.5 Å². The quantitative estimate of drug-likeness (QED) is 0.0195. The Morgan fingerprint density at radius 2 is 0.781 bits per heavy atom. The molecule has 0 amide bonds. The SMILES string of the molecule is CC/C=C\C/C=C\C/C=C\C/C=C\C/C=C\C/C=C\C/C=C\C/C=C\C/C=C\CCCCCC(=O)OC(COC(=O)CCCCCCCCCCCCCCCCCCCC)COP(=O)([O-])OCC[N+](C)(C)C. The molecule has 0 radical (unpaired) electrons. The number of phosphoric acid groups is 1. The monoisotopic (exact) mass is 1040 g/mol. The summed E-state index contributed by atoms with van der Waals surface area (Å²) in [7, 11) is 1.13. The van der Waals surface area contributed by atoms with E-state index in [2.05, 4.69) is 123 Å². The van der Waals surface area contributed by atoms with E-state index in [4.69, 9.17) is 18.5 Å². The zero-order valence-corrected chi connectivity index (χ0v) is 48.2. The van der Waals surface area contributed by atoms with Gasteiger partial charge in [0, 0.05) is 12.8 Å². The van der Waals surface area contributed by atoms with Gasteiger partial charge in [-0.15, -0.1) is 0 Å². The summed E-state index contributed by atoms with van der Waals surface area (Å²) in [5, 5.41) is 0. The van der Waals surface area contributed by atoms with E-state index in [-0.39, 0.29) is 26.1 Å². The summed E-state index contributed by atoms with van der Waals surface area (Å²) in [6.07, 6.45) is 74.2. The molecule has 2 unspecified atom stereocenters. The number of phosphoric ester groups is 1. The van der Waals surface area contributed by atoms with E-state index in [9.17, 15) is 19.0 Å². The molecule has 73 heavy (non-hydrogen) atoms. The van der Waals surface area contributed by atoms with Gasteiger partial charge in [0.05, 0.1) is 27.7 Å². The number of carbonyl (C=O) groups is 2. The molecule has 0 bridgehead atoms. The third-order valence-corrected chi connectivity index (χ3v) is 13.0. The van der Waals surface area contributed by atoms with E-state index in [1.165, 1.54) is 96.3 Å². The van der Waals surface area contributed by atoms with Gasteiger partial charge in [-0.1, -0.05) is 239 Å². The Balaban J connectivity index is 4.28. The molecule has 0 saturated carbocycles. The van der Waals surface area contributed by atoms with Gasteiger partial charge < -0.3 is 27.9 Å².